The van der Waals surface area contributed by atoms with E-state index in [0.29, 0.717) is 0 Å². The van der Waals surface area contributed by atoms with Gasteiger partial charge in [0.15, 0.2) is 0 Å². The molecule has 4 rings (SSSR count). The van der Waals surface area contributed by atoms with Crippen LogP contribution in [0.1, 0.15) is 0 Å². The van der Waals surface area contributed by atoms with E-state index in [2.05, 4.69) is 0 Å². The Hall–Kier alpha value is 5.26. The van der Waals surface area contributed by atoms with E-state index in [0.717, 1.165) is 0 Å². The quantitative estimate of drug-likeness (QED) is 0.243. The van der Waals surface area contributed by atoms with Gasteiger partial charge in [-0.05, 0) is 66.0 Å². The van der Waals surface area contributed by atoms with Gasteiger partial charge in [-0.1, -0.05) is 47.2 Å². The minimum absolute atomic E-state index is 0. The predicted octanol–water partition coefficient (Wildman–Crippen LogP) is 6.94. The molecule has 4 fully saturated rings. The van der Waals surface area contributed by atoms with Crippen molar-refractivity contribution in [3.63, 3.8) is 0 Å². The van der Waals surface area contributed by atoms with E-state index >= 15 is 0 Å². The Kier molecular flexibility index (Phi) is 5.72. The van der Waals surface area contributed by atoms with E-state index in [9.17, 15) is 0 Å². The molecule has 4 saturated heterocycles. The van der Waals surface area contributed by atoms with Gasteiger partial charge in [0.25, 0.3) is 0 Å². The topological polar surface area (TPSA) is 0 Å². The third-order valence-electron chi connectivity index (χ3n) is 1.20. The Morgan fingerprint density at radius 1 is 0.467 bits per heavy atom. The first kappa shape index (κ1) is 16.6. The summed E-state index contributed by atoms with van der Waals surface area (Å²) in [7, 11) is 0. The second kappa shape index (κ2) is 5.16. The Bertz CT molecular complexity index is 349. The molecule has 0 aromatic rings. The standard InChI is InChI=1S/As.P4S10/c;5-1-9-2(6)12-3(7,10-1)14-4(8,11-1)13-2. The molecule has 15 heteroatoms. The molecule has 0 aromatic carbocycles. The molecular weight excluding hydrogens is 519 g/mol. The average Bonchev–Trinajstić information content (AvgIpc) is 1.67. The molecule has 4 heterocycles. The predicted molar refractivity (Wildman–Crippen MR) is 108 cm³/mol. The van der Waals surface area contributed by atoms with Gasteiger partial charge in [0.2, 0.25) is 0 Å². The normalized spacial score (nSPS) is 61.3. The van der Waals surface area contributed by atoms with Crippen molar-refractivity contribution in [2.75, 3.05) is 0 Å². The summed E-state index contributed by atoms with van der Waals surface area (Å²) in [5, 5.41) is 0. The fraction of sp³-hybridized carbons (Fsp3) is 0. The zero-order valence-corrected chi connectivity index (χ0v) is 19.9. The summed E-state index contributed by atoms with van der Waals surface area (Å²) in [5.41, 5.74) is 0. The van der Waals surface area contributed by atoms with Crippen molar-refractivity contribution in [2.24, 2.45) is 0 Å². The third kappa shape index (κ3) is 3.37. The summed E-state index contributed by atoms with van der Waals surface area (Å²) in [5.74, 6) is 0. The molecule has 0 unspecified atom stereocenters. The smallest absolute Gasteiger partial charge is 0.0613 e. The van der Waals surface area contributed by atoms with Gasteiger partial charge in [0, 0.05) is 18.0 Å². The van der Waals surface area contributed by atoms with Crippen molar-refractivity contribution in [3.05, 3.63) is 0 Å². The van der Waals surface area contributed by atoms with Crippen molar-refractivity contribution in [3.8, 4) is 0 Å². The SMILES string of the molecule is S=P12SP3(=S)SP(=S)(S1)SP(=S)(S2)S3.[As]. The van der Waals surface area contributed by atoms with E-state index in [4.69, 9.17) is 47.2 Å². The van der Waals surface area contributed by atoms with E-state index in [1.165, 1.54) is 0 Å². The Morgan fingerprint density at radius 3 is 0.733 bits per heavy atom. The molecule has 0 amide bonds. The van der Waals surface area contributed by atoms with E-state index < -0.39 is 14.6 Å². The molecule has 0 spiro atoms. The minimum Gasteiger partial charge on any atom is -0.0613 e. The van der Waals surface area contributed by atoms with Gasteiger partial charge in [0.05, 0.1) is 0 Å². The maximum absolute atomic E-state index is 5.75. The summed E-state index contributed by atoms with van der Waals surface area (Å²) in [6.45, 7) is 0. The zero-order valence-electron chi connectivity index (χ0n) is 6.32. The molecule has 0 saturated carbocycles. The van der Waals surface area contributed by atoms with E-state index in [1.54, 1.807) is 0 Å². The molecular formula is AsP4S10. The fourth-order valence-electron chi connectivity index (χ4n) is 0.914. The largest absolute Gasteiger partial charge is 0.128 e. The minimum atomic E-state index is -1.41. The third-order valence-corrected chi connectivity index (χ3v) is 97.2. The van der Waals surface area contributed by atoms with Crippen molar-refractivity contribution < 1.29 is 0 Å². The van der Waals surface area contributed by atoms with Crippen molar-refractivity contribution in [1.29, 1.82) is 0 Å². The van der Waals surface area contributed by atoms with Gasteiger partial charge in [-0.2, -0.15) is 0 Å². The first-order valence-electron chi connectivity index (χ1n) is 2.92. The molecule has 4 aliphatic rings. The molecule has 0 atom stereocenters. The molecule has 85 valence electrons. The van der Waals surface area contributed by atoms with Crippen LogP contribution in [0.25, 0.3) is 0 Å². The Morgan fingerprint density at radius 2 is 0.600 bits per heavy atom. The van der Waals surface area contributed by atoms with Crippen LogP contribution < -0.4 is 0 Å². The van der Waals surface area contributed by atoms with Gasteiger partial charge in [-0.25, -0.2) is 0 Å². The summed E-state index contributed by atoms with van der Waals surface area (Å²) < 4.78 is -5.64. The van der Waals surface area contributed by atoms with Crippen LogP contribution in [0, 0.1) is 0 Å². The van der Waals surface area contributed by atoms with Crippen LogP contribution in [-0.4, -0.2) is 18.0 Å². The molecule has 4 aliphatic heterocycles. The van der Waals surface area contributed by atoms with Crippen LogP contribution in [0.4, 0.5) is 0 Å². The first-order valence-corrected chi connectivity index (χ1v) is 26.3. The van der Waals surface area contributed by atoms with Crippen molar-refractivity contribution in [1.82, 2.24) is 0 Å². The Balaban J connectivity index is 0.000000853. The van der Waals surface area contributed by atoms with E-state index in [1.807, 2.05) is 66.0 Å². The summed E-state index contributed by atoms with van der Waals surface area (Å²) in [4.78, 5) is 0. The Labute approximate surface area is 143 Å². The summed E-state index contributed by atoms with van der Waals surface area (Å²) in [6.07, 6.45) is 0. The second-order valence-corrected chi connectivity index (χ2v) is 61.5. The maximum Gasteiger partial charge on any atom is 0.128 e. The number of rotatable bonds is 0. The summed E-state index contributed by atoms with van der Waals surface area (Å²) >= 11 is 34.5. The monoisotopic (exact) mass is 519 g/mol. The zero-order chi connectivity index (χ0) is 10.2. The molecule has 0 aromatic heterocycles. The van der Waals surface area contributed by atoms with Gasteiger partial charge in [-0.3, -0.25) is 0 Å². The maximum atomic E-state index is 5.75. The van der Waals surface area contributed by atoms with Crippen LogP contribution in [0.2, 0.25) is 0 Å². The number of hydrogen-bond acceptors (Lipinski definition) is 10. The number of hydrogen-bond donors (Lipinski definition) is 0. The first-order chi connectivity index (χ1) is 6.24. The van der Waals surface area contributed by atoms with Gasteiger partial charge in [0.1, 0.15) is 14.6 Å². The summed E-state index contributed by atoms with van der Waals surface area (Å²) in [6, 6.07) is 0. The van der Waals surface area contributed by atoms with Gasteiger partial charge in [-0.15, -0.1) is 0 Å². The van der Waals surface area contributed by atoms with Gasteiger partial charge < -0.3 is 0 Å². The molecule has 4 bridgehead atoms. The van der Waals surface area contributed by atoms with Gasteiger partial charge >= 0.3 is 0 Å². The van der Waals surface area contributed by atoms with Crippen LogP contribution in [0.5, 0.6) is 0 Å². The van der Waals surface area contributed by atoms with E-state index in [-0.39, 0.29) is 18.0 Å². The second-order valence-electron chi connectivity index (χ2n) is 2.28. The molecule has 15 heavy (non-hydrogen) atoms. The molecule has 0 N–H and O–H groups in total. The van der Waals surface area contributed by atoms with Crippen LogP contribution in [0.15, 0.2) is 0 Å². The van der Waals surface area contributed by atoms with Crippen molar-refractivity contribution in [2.45, 2.75) is 0 Å². The fourth-order valence-corrected chi connectivity index (χ4v) is 222. The molecule has 0 nitrogen and oxygen atoms in total. The van der Waals surface area contributed by atoms with Crippen LogP contribution in [0.3, 0.4) is 0 Å². The molecule has 3 radical (unpaired) electrons. The van der Waals surface area contributed by atoms with Crippen LogP contribution in [-0.2, 0) is 47.2 Å². The average molecular weight is 519 g/mol. The molecule has 0 aliphatic carbocycles. The van der Waals surface area contributed by atoms with Crippen molar-refractivity contribution >= 4 is 146 Å². The van der Waals surface area contributed by atoms with Crippen LogP contribution >= 0.6 is 80.6 Å².